The van der Waals surface area contributed by atoms with Gasteiger partial charge in [-0.1, -0.05) is 12.8 Å². The third kappa shape index (κ3) is 2.55. The highest BCUT2D eigenvalue weighted by Gasteiger charge is 2.18. The zero-order valence-electron chi connectivity index (χ0n) is 9.58. The normalized spacial score (nSPS) is 16.6. The molecular weight excluding hydrogens is 220 g/mol. The van der Waals surface area contributed by atoms with Gasteiger partial charge in [0.1, 0.15) is 0 Å². The van der Waals surface area contributed by atoms with Crippen molar-refractivity contribution >= 4 is 22.9 Å². The maximum atomic E-state index is 11.8. The van der Waals surface area contributed by atoms with Crippen LogP contribution >= 0.6 is 11.3 Å². The Bertz CT molecular complexity index is 380. The molecule has 0 atom stereocenters. The maximum Gasteiger partial charge on any atom is 0.225 e. The van der Waals surface area contributed by atoms with Gasteiger partial charge in [0, 0.05) is 16.6 Å². The largest absolute Gasteiger partial charge is 0.398 e. The number of anilines is 1. The molecule has 1 aliphatic carbocycles. The number of nitrogens with one attached hydrogen (secondary N) is 1. The number of hydrogen-bond donors (Lipinski definition) is 2. The Morgan fingerprint density at radius 1 is 1.56 bits per heavy atom. The van der Waals surface area contributed by atoms with E-state index in [4.69, 9.17) is 5.73 Å². The van der Waals surface area contributed by atoms with Crippen molar-refractivity contribution < 1.29 is 4.79 Å². The first-order chi connectivity index (χ1) is 7.66. The molecule has 1 saturated carbocycles. The van der Waals surface area contributed by atoms with E-state index in [0.29, 0.717) is 12.5 Å². The highest BCUT2D eigenvalue weighted by molar-refractivity contribution is 7.10. The second-order valence-corrected chi connectivity index (χ2v) is 5.45. The van der Waals surface area contributed by atoms with Gasteiger partial charge in [-0.15, -0.1) is 11.3 Å². The van der Waals surface area contributed by atoms with Crippen LogP contribution in [0, 0.1) is 6.92 Å². The summed E-state index contributed by atoms with van der Waals surface area (Å²) in [7, 11) is 0. The van der Waals surface area contributed by atoms with Crippen molar-refractivity contribution in [3.63, 3.8) is 0 Å². The van der Waals surface area contributed by atoms with E-state index in [1.165, 1.54) is 12.8 Å². The van der Waals surface area contributed by atoms with E-state index in [0.717, 1.165) is 29.0 Å². The number of carbonyl (C=O) groups is 1. The molecule has 1 aromatic heterocycles. The van der Waals surface area contributed by atoms with Crippen LogP contribution < -0.4 is 11.1 Å². The van der Waals surface area contributed by atoms with Crippen LogP contribution in [0.2, 0.25) is 0 Å². The van der Waals surface area contributed by atoms with Gasteiger partial charge in [-0.3, -0.25) is 4.79 Å². The van der Waals surface area contributed by atoms with E-state index < -0.39 is 0 Å². The van der Waals surface area contributed by atoms with E-state index in [9.17, 15) is 4.79 Å². The third-order valence-electron chi connectivity index (χ3n) is 3.14. The van der Waals surface area contributed by atoms with Crippen LogP contribution in [0.4, 0.5) is 5.69 Å². The lowest BCUT2D eigenvalue weighted by Crippen LogP contribution is -2.33. The van der Waals surface area contributed by atoms with Gasteiger partial charge in [-0.2, -0.15) is 0 Å². The summed E-state index contributed by atoms with van der Waals surface area (Å²) in [6.45, 7) is 1.98. The van der Waals surface area contributed by atoms with Gasteiger partial charge >= 0.3 is 0 Å². The first-order valence-corrected chi connectivity index (χ1v) is 6.66. The minimum Gasteiger partial charge on any atom is -0.398 e. The highest BCUT2D eigenvalue weighted by Crippen LogP contribution is 2.25. The van der Waals surface area contributed by atoms with Crippen LogP contribution in [-0.4, -0.2) is 11.9 Å². The molecule has 0 aromatic carbocycles. The van der Waals surface area contributed by atoms with Crippen molar-refractivity contribution in [3.8, 4) is 0 Å². The lowest BCUT2D eigenvalue weighted by atomic mass is 10.2. The van der Waals surface area contributed by atoms with Crippen molar-refractivity contribution in [2.75, 3.05) is 5.73 Å². The highest BCUT2D eigenvalue weighted by atomic mass is 32.1. The summed E-state index contributed by atoms with van der Waals surface area (Å²) in [5.74, 6) is 0.112. The smallest absolute Gasteiger partial charge is 0.225 e. The van der Waals surface area contributed by atoms with Gasteiger partial charge < -0.3 is 11.1 Å². The van der Waals surface area contributed by atoms with E-state index in [1.807, 2.05) is 12.3 Å². The fraction of sp³-hybridized carbons (Fsp3) is 0.583. The van der Waals surface area contributed by atoms with Crippen molar-refractivity contribution in [1.82, 2.24) is 5.32 Å². The number of nitrogens with two attached hydrogens (primary N) is 1. The Hall–Kier alpha value is -1.03. The molecule has 1 amide bonds. The van der Waals surface area contributed by atoms with E-state index in [-0.39, 0.29) is 5.91 Å². The number of rotatable bonds is 3. The monoisotopic (exact) mass is 238 g/mol. The Morgan fingerprint density at radius 2 is 2.25 bits per heavy atom. The molecule has 3 nitrogen and oxygen atoms in total. The molecule has 4 heteroatoms. The third-order valence-corrected chi connectivity index (χ3v) is 4.26. The summed E-state index contributed by atoms with van der Waals surface area (Å²) in [6, 6.07) is 0.398. The predicted molar refractivity (Wildman–Crippen MR) is 67.6 cm³/mol. The molecule has 2 rings (SSSR count). The van der Waals surface area contributed by atoms with Crippen LogP contribution in [-0.2, 0) is 11.2 Å². The van der Waals surface area contributed by atoms with Gasteiger partial charge in [0.05, 0.1) is 6.42 Å². The minimum absolute atomic E-state index is 0.112. The lowest BCUT2D eigenvalue weighted by Gasteiger charge is -2.11. The Kier molecular flexibility index (Phi) is 3.49. The SMILES string of the molecule is Cc1csc(CC(=O)NC2CCCC2)c1N. The first kappa shape index (κ1) is 11.5. The molecule has 1 aliphatic rings. The number of thiophene rings is 1. The quantitative estimate of drug-likeness (QED) is 0.848. The van der Waals surface area contributed by atoms with Gasteiger partial charge in [-0.05, 0) is 30.7 Å². The number of hydrogen-bond acceptors (Lipinski definition) is 3. The van der Waals surface area contributed by atoms with Crippen LogP contribution in [0.1, 0.15) is 36.1 Å². The molecule has 3 N–H and O–H groups in total. The van der Waals surface area contributed by atoms with Gasteiger partial charge in [0.25, 0.3) is 0 Å². The summed E-state index contributed by atoms with van der Waals surface area (Å²) in [5, 5.41) is 5.08. The van der Waals surface area contributed by atoms with Crippen molar-refractivity contribution in [2.24, 2.45) is 0 Å². The number of nitrogen functional groups attached to an aromatic ring is 1. The van der Waals surface area contributed by atoms with Gasteiger partial charge in [0.2, 0.25) is 5.91 Å². The summed E-state index contributed by atoms with van der Waals surface area (Å²) in [5.41, 5.74) is 7.75. The fourth-order valence-electron chi connectivity index (χ4n) is 2.14. The summed E-state index contributed by atoms with van der Waals surface area (Å²) in [4.78, 5) is 12.8. The molecule has 1 fully saturated rings. The molecule has 0 radical (unpaired) electrons. The zero-order valence-corrected chi connectivity index (χ0v) is 10.4. The Labute approximate surface area is 100 Å². The zero-order chi connectivity index (χ0) is 11.5. The molecule has 16 heavy (non-hydrogen) atoms. The molecule has 1 heterocycles. The van der Waals surface area contributed by atoms with Gasteiger partial charge in [-0.25, -0.2) is 0 Å². The Morgan fingerprint density at radius 3 is 2.81 bits per heavy atom. The van der Waals surface area contributed by atoms with Crippen LogP contribution in [0.15, 0.2) is 5.38 Å². The number of carbonyl (C=O) groups excluding carboxylic acids is 1. The second-order valence-electron chi connectivity index (χ2n) is 4.48. The fourth-order valence-corrected chi connectivity index (χ4v) is 3.09. The summed E-state index contributed by atoms with van der Waals surface area (Å²) < 4.78 is 0. The summed E-state index contributed by atoms with van der Waals surface area (Å²) in [6.07, 6.45) is 5.17. The molecular formula is C12H18N2OS. The maximum absolute atomic E-state index is 11.8. The minimum atomic E-state index is 0.112. The van der Waals surface area contributed by atoms with E-state index >= 15 is 0 Å². The standard InChI is InChI=1S/C12H18N2OS/c1-8-7-16-10(12(8)13)6-11(15)14-9-4-2-3-5-9/h7,9H,2-6,13H2,1H3,(H,14,15). The van der Waals surface area contributed by atoms with Crippen LogP contribution in [0.3, 0.4) is 0 Å². The molecule has 88 valence electrons. The average molecular weight is 238 g/mol. The van der Waals surface area contributed by atoms with E-state index in [1.54, 1.807) is 11.3 Å². The van der Waals surface area contributed by atoms with Crippen molar-refractivity contribution in [1.29, 1.82) is 0 Å². The molecule has 0 bridgehead atoms. The summed E-state index contributed by atoms with van der Waals surface area (Å²) >= 11 is 1.58. The average Bonchev–Trinajstić information content (AvgIpc) is 2.83. The molecule has 0 unspecified atom stereocenters. The first-order valence-electron chi connectivity index (χ1n) is 5.78. The second kappa shape index (κ2) is 4.87. The van der Waals surface area contributed by atoms with Crippen LogP contribution in [0.5, 0.6) is 0 Å². The van der Waals surface area contributed by atoms with Gasteiger partial charge in [0.15, 0.2) is 0 Å². The van der Waals surface area contributed by atoms with E-state index in [2.05, 4.69) is 5.32 Å². The lowest BCUT2D eigenvalue weighted by molar-refractivity contribution is -0.121. The van der Waals surface area contributed by atoms with Crippen LogP contribution in [0.25, 0.3) is 0 Å². The number of amides is 1. The molecule has 0 saturated heterocycles. The Balaban J connectivity index is 1.89. The topological polar surface area (TPSA) is 55.1 Å². The molecule has 1 aromatic rings. The number of aryl methyl sites for hydroxylation is 1. The van der Waals surface area contributed by atoms with Crippen molar-refractivity contribution in [2.45, 2.75) is 45.1 Å². The van der Waals surface area contributed by atoms with Crippen molar-refractivity contribution in [3.05, 3.63) is 15.8 Å². The predicted octanol–water partition coefficient (Wildman–Crippen LogP) is 2.24. The molecule has 0 aliphatic heterocycles. The molecule has 0 spiro atoms.